The quantitative estimate of drug-likeness (QED) is 0.873. The van der Waals surface area contributed by atoms with Crippen LogP contribution in [-0.4, -0.2) is 7.11 Å². The Labute approximate surface area is 132 Å². The molecule has 4 heteroatoms. The van der Waals surface area contributed by atoms with Crippen LogP contribution in [0.2, 0.25) is 0 Å². The Kier molecular flexibility index (Phi) is 7.06. The van der Waals surface area contributed by atoms with E-state index < -0.39 is 0 Å². The molecule has 0 fully saturated rings. The Morgan fingerprint density at radius 1 is 1.05 bits per heavy atom. The number of methoxy groups -OCH3 is 1. The third-order valence-electron chi connectivity index (χ3n) is 3.29. The summed E-state index contributed by atoms with van der Waals surface area (Å²) in [7, 11) is 1.64. The lowest BCUT2D eigenvalue weighted by Crippen LogP contribution is -2.09. The zero-order chi connectivity index (χ0) is 14.4. The number of halogens is 1. The highest BCUT2D eigenvalue weighted by atomic mass is 35.5. The highest BCUT2D eigenvalue weighted by molar-refractivity contribution is 5.85. The minimum Gasteiger partial charge on any atom is -0.493 e. The van der Waals surface area contributed by atoms with E-state index in [0.717, 1.165) is 29.0 Å². The van der Waals surface area contributed by atoms with Gasteiger partial charge in [0, 0.05) is 6.04 Å². The minimum absolute atomic E-state index is 0. The second kappa shape index (κ2) is 8.55. The molecule has 0 unspecified atom stereocenters. The van der Waals surface area contributed by atoms with Crippen LogP contribution in [0.5, 0.6) is 11.5 Å². The maximum atomic E-state index is 6.07. The van der Waals surface area contributed by atoms with Gasteiger partial charge in [-0.15, -0.1) is 12.4 Å². The van der Waals surface area contributed by atoms with Crippen molar-refractivity contribution in [1.82, 2.24) is 0 Å². The molecule has 0 bridgehead atoms. The van der Waals surface area contributed by atoms with E-state index in [2.05, 4.69) is 6.92 Å². The van der Waals surface area contributed by atoms with Crippen LogP contribution in [-0.2, 0) is 6.61 Å². The van der Waals surface area contributed by atoms with E-state index in [1.54, 1.807) is 7.11 Å². The molecule has 114 valence electrons. The lowest BCUT2D eigenvalue weighted by atomic mass is 10.1. The molecule has 0 aromatic heterocycles. The number of hydrogen-bond acceptors (Lipinski definition) is 3. The predicted octanol–water partition coefficient (Wildman–Crippen LogP) is 4.11. The topological polar surface area (TPSA) is 44.5 Å². The summed E-state index contributed by atoms with van der Waals surface area (Å²) in [5.41, 5.74) is 8.26. The molecule has 0 amide bonds. The molecular formula is C17H22ClNO2. The zero-order valence-electron chi connectivity index (χ0n) is 12.4. The molecule has 0 aliphatic heterocycles. The Bertz CT molecular complexity index is 546. The third kappa shape index (κ3) is 4.66. The fourth-order valence-corrected chi connectivity index (χ4v) is 2.01. The van der Waals surface area contributed by atoms with Gasteiger partial charge < -0.3 is 15.2 Å². The molecule has 21 heavy (non-hydrogen) atoms. The van der Waals surface area contributed by atoms with Gasteiger partial charge in [0.25, 0.3) is 0 Å². The molecule has 2 aromatic rings. The molecule has 0 saturated heterocycles. The van der Waals surface area contributed by atoms with Crippen molar-refractivity contribution < 1.29 is 9.47 Å². The van der Waals surface area contributed by atoms with E-state index in [4.69, 9.17) is 15.2 Å². The first kappa shape index (κ1) is 17.3. The van der Waals surface area contributed by atoms with Crippen LogP contribution in [0, 0.1) is 0 Å². The highest BCUT2D eigenvalue weighted by Crippen LogP contribution is 2.31. The first-order chi connectivity index (χ1) is 9.74. The Morgan fingerprint density at radius 3 is 2.38 bits per heavy atom. The summed E-state index contributed by atoms with van der Waals surface area (Å²) in [5, 5.41) is 0. The van der Waals surface area contributed by atoms with Crippen molar-refractivity contribution in [2.45, 2.75) is 26.0 Å². The van der Waals surface area contributed by atoms with Gasteiger partial charge in [-0.25, -0.2) is 0 Å². The lowest BCUT2D eigenvalue weighted by molar-refractivity contribution is 0.284. The van der Waals surface area contributed by atoms with Gasteiger partial charge in [0.1, 0.15) is 6.61 Å². The minimum atomic E-state index is 0. The Morgan fingerprint density at radius 2 is 1.76 bits per heavy atom. The highest BCUT2D eigenvalue weighted by Gasteiger charge is 2.10. The lowest BCUT2D eigenvalue weighted by Gasteiger charge is -2.15. The molecule has 2 rings (SSSR count). The zero-order valence-corrected chi connectivity index (χ0v) is 13.2. The molecule has 0 aliphatic carbocycles. The van der Waals surface area contributed by atoms with Gasteiger partial charge in [-0.1, -0.05) is 43.3 Å². The Hall–Kier alpha value is -1.71. The van der Waals surface area contributed by atoms with E-state index in [1.807, 2.05) is 48.5 Å². The van der Waals surface area contributed by atoms with Gasteiger partial charge in [-0.3, -0.25) is 0 Å². The molecule has 0 heterocycles. The third-order valence-corrected chi connectivity index (χ3v) is 3.29. The average Bonchev–Trinajstić information content (AvgIpc) is 2.52. The predicted molar refractivity (Wildman–Crippen MR) is 88.2 cm³/mol. The first-order valence-electron chi connectivity index (χ1n) is 6.84. The molecular weight excluding hydrogens is 286 g/mol. The van der Waals surface area contributed by atoms with Crippen molar-refractivity contribution in [3.8, 4) is 11.5 Å². The molecule has 3 nitrogen and oxygen atoms in total. The van der Waals surface area contributed by atoms with Gasteiger partial charge in [0.15, 0.2) is 11.5 Å². The van der Waals surface area contributed by atoms with Crippen molar-refractivity contribution in [2.24, 2.45) is 5.73 Å². The van der Waals surface area contributed by atoms with E-state index >= 15 is 0 Å². The number of benzene rings is 2. The van der Waals surface area contributed by atoms with Gasteiger partial charge >= 0.3 is 0 Å². The van der Waals surface area contributed by atoms with Gasteiger partial charge in [0.05, 0.1) is 7.11 Å². The molecule has 0 saturated carbocycles. The van der Waals surface area contributed by atoms with Crippen molar-refractivity contribution in [2.75, 3.05) is 7.11 Å². The van der Waals surface area contributed by atoms with Gasteiger partial charge in [-0.05, 0) is 29.7 Å². The monoisotopic (exact) mass is 307 g/mol. The summed E-state index contributed by atoms with van der Waals surface area (Å²) in [4.78, 5) is 0. The summed E-state index contributed by atoms with van der Waals surface area (Å²) < 4.78 is 11.2. The van der Waals surface area contributed by atoms with Crippen molar-refractivity contribution in [1.29, 1.82) is 0 Å². The van der Waals surface area contributed by atoms with E-state index in [1.165, 1.54) is 0 Å². The number of hydrogen-bond donors (Lipinski definition) is 1. The molecule has 0 aliphatic rings. The maximum Gasteiger partial charge on any atom is 0.161 e. The van der Waals surface area contributed by atoms with Crippen LogP contribution < -0.4 is 15.2 Å². The number of rotatable bonds is 6. The normalized spacial score (nSPS) is 11.4. The molecule has 2 N–H and O–H groups in total. The fraction of sp³-hybridized carbons (Fsp3) is 0.294. The smallest absolute Gasteiger partial charge is 0.161 e. The Balaban J connectivity index is 0.00000220. The van der Waals surface area contributed by atoms with Crippen molar-refractivity contribution in [3.05, 3.63) is 59.7 Å². The maximum absolute atomic E-state index is 6.07. The van der Waals surface area contributed by atoms with E-state index in [-0.39, 0.29) is 18.4 Å². The van der Waals surface area contributed by atoms with Crippen LogP contribution in [0.1, 0.15) is 30.5 Å². The standard InChI is InChI=1S/C17H21NO2.ClH/c1-3-15(18)14-9-10-16(19-2)17(11-14)20-12-13-7-5-4-6-8-13;/h4-11,15H,3,12,18H2,1-2H3;1H/t15-;/m1./s1. The largest absolute Gasteiger partial charge is 0.493 e. The van der Waals surface area contributed by atoms with Crippen LogP contribution in [0.15, 0.2) is 48.5 Å². The van der Waals surface area contributed by atoms with Crippen LogP contribution in [0.3, 0.4) is 0 Å². The summed E-state index contributed by atoms with van der Waals surface area (Å²) in [5.74, 6) is 1.46. The summed E-state index contributed by atoms with van der Waals surface area (Å²) >= 11 is 0. The SMILES string of the molecule is CC[C@@H](N)c1ccc(OC)c(OCc2ccccc2)c1.Cl. The second-order valence-electron chi connectivity index (χ2n) is 4.70. The number of ether oxygens (including phenoxy) is 2. The first-order valence-corrected chi connectivity index (χ1v) is 6.84. The summed E-state index contributed by atoms with van der Waals surface area (Å²) in [6.45, 7) is 2.58. The molecule has 2 aromatic carbocycles. The van der Waals surface area contributed by atoms with Crippen LogP contribution >= 0.6 is 12.4 Å². The molecule has 0 spiro atoms. The van der Waals surface area contributed by atoms with Crippen LogP contribution in [0.4, 0.5) is 0 Å². The number of nitrogens with two attached hydrogens (primary N) is 1. The summed E-state index contributed by atoms with van der Waals surface area (Å²) in [6, 6.07) is 16.0. The second-order valence-corrected chi connectivity index (χ2v) is 4.70. The molecule has 1 atom stereocenters. The fourth-order valence-electron chi connectivity index (χ4n) is 2.01. The van der Waals surface area contributed by atoms with Gasteiger partial charge in [-0.2, -0.15) is 0 Å². The van der Waals surface area contributed by atoms with Crippen LogP contribution in [0.25, 0.3) is 0 Å². The van der Waals surface area contributed by atoms with E-state index in [0.29, 0.717) is 6.61 Å². The summed E-state index contributed by atoms with van der Waals surface area (Å²) in [6.07, 6.45) is 0.893. The van der Waals surface area contributed by atoms with E-state index in [9.17, 15) is 0 Å². The van der Waals surface area contributed by atoms with Crippen molar-refractivity contribution >= 4 is 12.4 Å². The van der Waals surface area contributed by atoms with Crippen molar-refractivity contribution in [3.63, 3.8) is 0 Å². The van der Waals surface area contributed by atoms with Gasteiger partial charge in [0.2, 0.25) is 0 Å². The molecule has 0 radical (unpaired) electrons. The average molecular weight is 308 g/mol.